The number of hydrogen-bond donors (Lipinski definition) is 1. The number of likely N-dealkylation sites (tertiary alicyclic amines) is 1. The first-order chi connectivity index (χ1) is 13.9. The van der Waals surface area contributed by atoms with Gasteiger partial charge in [0.05, 0.1) is 11.4 Å². The van der Waals surface area contributed by atoms with Crippen LogP contribution in [0.2, 0.25) is 5.02 Å². The third-order valence-corrected chi connectivity index (χ3v) is 8.35. The Hall–Kier alpha value is -1.45. The minimum Gasteiger partial charge on any atom is -0.341 e. The summed E-state index contributed by atoms with van der Waals surface area (Å²) in [5.74, 6) is -0.187. The van der Waals surface area contributed by atoms with Gasteiger partial charge in [-0.05, 0) is 54.5 Å². The molecule has 3 heterocycles. The molecule has 6 nitrogen and oxygen atoms in total. The monoisotopic (exact) mass is 453 g/mol. The van der Waals surface area contributed by atoms with Crippen molar-refractivity contribution in [1.29, 1.82) is 0 Å². The van der Waals surface area contributed by atoms with Crippen molar-refractivity contribution in [2.24, 2.45) is 0 Å². The second-order valence-corrected chi connectivity index (χ2v) is 10.7. The number of carbonyl (C=O) groups excluding carboxylic acids is 1. The number of benzene rings is 1. The fourth-order valence-corrected chi connectivity index (χ4v) is 6.21. The van der Waals surface area contributed by atoms with Crippen LogP contribution in [0.3, 0.4) is 0 Å². The van der Waals surface area contributed by atoms with Crippen LogP contribution >= 0.6 is 22.9 Å². The predicted octanol–water partition coefficient (Wildman–Crippen LogP) is 2.73. The number of piperidine rings is 1. The highest BCUT2D eigenvalue weighted by molar-refractivity contribution is 7.89. The minimum atomic E-state index is -3.76. The van der Waals surface area contributed by atoms with Crippen molar-refractivity contribution >= 4 is 38.9 Å². The lowest BCUT2D eigenvalue weighted by atomic mass is 9.99. The number of amides is 1. The maximum atomic E-state index is 12.5. The highest BCUT2D eigenvalue weighted by atomic mass is 35.5. The summed E-state index contributed by atoms with van der Waals surface area (Å²) in [7, 11) is -3.76. The Balaban J connectivity index is 1.27. The quantitative estimate of drug-likeness (QED) is 0.755. The molecule has 0 aliphatic carbocycles. The van der Waals surface area contributed by atoms with E-state index in [4.69, 9.17) is 11.6 Å². The Morgan fingerprint density at radius 1 is 1.21 bits per heavy atom. The zero-order valence-corrected chi connectivity index (χ0v) is 18.4. The molecule has 0 bridgehead atoms. The Labute approximate surface area is 180 Å². The van der Waals surface area contributed by atoms with Gasteiger partial charge in [-0.2, -0.15) is 0 Å². The van der Waals surface area contributed by atoms with Gasteiger partial charge in [0, 0.05) is 42.1 Å². The van der Waals surface area contributed by atoms with Crippen LogP contribution in [0.5, 0.6) is 0 Å². The maximum absolute atomic E-state index is 12.5. The molecular weight excluding hydrogens is 430 g/mol. The molecule has 1 saturated heterocycles. The van der Waals surface area contributed by atoms with Crippen molar-refractivity contribution in [2.45, 2.75) is 36.7 Å². The summed E-state index contributed by atoms with van der Waals surface area (Å²) in [6.07, 6.45) is 2.95. The van der Waals surface area contributed by atoms with Gasteiger partial charge in [-0.1, -0.05) is 17.7 Å². The van der Waals surface area contributed by atoms with Crippen LogP contribution in [0, 0.1) is 0 Å². The fraction of sp³-hybridized carbons (Fsp3) is 0.450. The first kappa shape index (κ1) is 20.8. The lowest BCUT2D eigenvalue weighted by Gasteiger charge is -2.40. The molecule has 1 N–H and O–H groups in total. The van der Waals surface area contributed by atoms with E-state index in [9.17, 15) is 13.2 Å². The molecule has 1 aromatic carbocycles. The van der Waals surface area contributed by atoms with Crippen LogP contribution in [0.25, 0.3) is 0 Å². The largest absolute Gasteiger partial charge is 0.341 e. The SMILES string of the molecule is O=C(CNS(=O)(=O)c1cccc(Cl)c1)N1CCC(N2CCc3sccc3C2)CC1. The van der Waals surface area contributed by atoms with E-state index in [0.717, 1.165) is 32.4 Å². The molecule has 2 aliphatic rings. The second-order valence-electron chi connectivity index (χ2n) is 7.48. The molecular formula is C20H24ClN3O3S2. The van der Waals surface area contributed by atoms with E-state index in [0.29, 0.717) is 24.2 Å². The third-order valence-electron chi connectivity index (χ3n) is 5.69. The van der Waals surface area contributed by atoms with E-state index in [1.165, 1.54) is 22.6 Å². The van der Waals surface area contributed by atoms with E-state index in [1.54, 1.807) is 17.0 Å². The molecule has 0 radical (unpaired) electrons. The highest BCUT2D eigenvalue weighted by Crippen LogP contribution is 2.28. The van der Waals surface area contributed by atoms with Gasteiger partial charge in [-0.15, -0.1) is 11.3 Å². The van der Waals surface area contributed by atoms with Gasteiger partial charge in [0.15, 0.2) is 0 Å². The summed E-state index contributed by atoms with van der Waals surface area (Å²) >= 11 is 7.71. The van der Waals surface area contributed by atoms with E-state index in [1.807, 2.05) is 11.3 Å². The summed E-state index contributed by atoms with van der Waals surface area (Å²) in [5, 5.41) is 2.51. The molecule has 0 saturated carbocycles. The van der Waals surface area contributed by atoms with Crippen molar-refractivity contribution < 1.29 is 13.2 Å². The lowest BCUT2D eigenvalue weighted by molar-refractivity contribution is -0.131. The average Bonchev–Trinajstić information content (AvgIpc) is 3.20. The first-order valence-electron chi connectivity index (χ1n) is 9.75. The summed E-state index contributed by atoms with van der Waals surface area (Å²) in [4.78, 5) is 18.4. The molecule has 9 heteroatoms. The van der Waals surface area contributed by atoms with Crippen LogP contribution in [0.15, 0.2) is 40.6 Å². The van der Waals surface area contributed by atoms with Gasteiger partial charge in [0.2, 0.25) is 15.9 Å². The van der Waals surface area contributed by atoms with E-state index in [-0.39, 0.29) is 17.3 Å². The zero-order valence-electron chi connectivity index (χ0n) is 16.0. The maximum Gasteiger partial charge on any atom is 0.241 e. The molecule has 2 aromatic rings. The average molecular weight is 454 g/mol. The summed E-state index contributed by atoms with van der Waals surface area (Å²) < 4.78 is 27.1. The standard InChI is InChI=1S/C20H24ClN3O3S2/c21-16-2-1-3-18(12-16)29(26,27)22-13-20(25)23-8-4-17(5-9-23)24-10-6-19-15(14-24)7-11-28-19/h1-3,7,11-12,17,22H,4-6,8-10,13-14H2. The molecule has 156 valence electrons. The smallest absolute Gasteiger partial charge is 0.241 e. The van der Waals surface area contributed by atoms with Gasteiger partial charge >= 0.3 is 0 Å². The number of halogens is 1. The molecule has 1 aromatic heterocycles. The molecule has 1 fully saturated rings. The van der Waals surface area contributed by atoms with Crippen molar-refractivity contribution in [2.75, 3.05) is 26.2 Å². The first-order valence-corrected chi connectivity index (χ1v) is 12.5. The van der Waals surface area contributed by atoms with Crippen molar-refractivity contribution in [3.63, 3.8) is 0 Å². The molecule has 2 aliphatic heterocycles. The van der Waals surface area contributed by atoms with Crippen molar-refractivity contribution in [3.05, 3.63) is 51.2 Å². The second kappa shape index (κ2) is 8.73. The summed E-state index contributed by atoms with van der Waals surface area (Å²) in [6, 6.07) is 8.71. The zero-order chi connectivity index (χ0) is 20.4. The molecule has 0 atom stereocenters. The van der Waals surface area contributed by atoms with Crippen molar-refractivity contribution in [3.8, 4) is 0 Å². The molecule has 0 unspecified atom stereocenters. The van der Waals surface area contributed by atoms with Gasteiger partial charge in [-0.3, -0.25) is 9.69 Å². The number of nitrogens with one attached hydrogen (secondary N) is 1. The Kier molecular flexibility index (Phi) is 6.27. The van der Waals surface area contributed by atoms with Crippen LogP contribution < -0.4 is 4.72 Å². The molecule has 4 rings (SSSR count). The van der Waals surface area contributed by atoms with Gasteiger partial charge in [-0.25, -0.2) is 13.1 Å². The number of fused-ring (bicyclic) bond motifs is 1. The van der Waals surface area contributed by atoms with Gasteiger partial charge < -0.3 is 4.90 Å². The van der Waals surface area contributed by atoms with Crippen LogP contribution in [0.1, 0.15) is 23.3 Å². The van der Waals surface area contributed by atoms with Crippen LogP contribution in [-0.2, 0) is 27.8 Å². The number of rotatable bonds is 5. The van der Waals surface area contributed by atoms with E-state index >= 15 is 0 Å². The molecule has 29 heavy (non-hydrogen) atoms. The third kappa shape index (κ3) is 4.83. The normalized spacial score (nSPS) is 18.6. The van der Waals surface area contributed by atoms with E-state index < -0.39 is 10.0 Å². The Morgan fingerprint density at radius 2 is 2.00 bits per heavy atom. The number of hydrogen-bond acceptors (Lipinski definition) is 5. The summed E-state index contributed by atoms with van der Waals surface area (Å²) in [6.45, 7) is 3.16. The van der Waals surface area contributed by atoms with Crippen molar-refractivity contribution in [1.82, 2.24) is 14.5 Å². The number of thiophene rings is 1. The van der Waals surface area contributed by atoms with Crippen LogP contribution in [-0.4, -0.2) is 56.3 Å². The number of carbonyl (C=O) groups is 1. The predicted molar refractivity (Wildman–Crippen MR) is 115 cm³/mol. The molecule has 0 spiro atoms. The lowest BCUT2D eigenvalue weighted by Crippen LogP contribution is -2.49. The topological polar surface area (TPSA) is 69.7 Å². The van der Waals surface area contributed by atoms with E-state index in [2.05, 4.69) is 21.1 Å². The minimum absolute atomic E-state index is 0.0643. The highest BCUT2D eigenvalue weighted by Gasteiger charge is 2.29. The van der Waals surface area contributed by atoms with Gasteiger partial charge in [0.1, 0.15) is 0 Å². The number of sulfonamides is 1. The van der Waals surface area contributed by atoms with Crippen LogP contribution in [0.4, 0.5) is 0 Å². The Morgan fingerprint density at radius 3 is 2.76 bits per heavy atom. The van der Waals surface area contributed by atoms with Gasteiger partial charge in [0.25, 0.3) is 0 Å². The Bertz CT molecular complexity index is 984. The summed E-state index contributed by atoms with van der Waals surface area (Å²) in [5.41, 5.74) is 1.44. The molecule has 1 amide bonds. The fourth-order valence-electron chi connectivity index (χ4n) is 4.05. The number of nitrogens with zero attached hydrogens (tertiary/aromatic N) is 2.